The van der Waals surface area contributed by atoms with Gasteiger partial charge >= 0.3 is 5.97 Å². The fourth-order valence-corrected chi connectivity index (χ4v) is 9.30. The van der Waals surface area contributed by atoms with E-state index in [1.54, 1.807) is 17.4 Å². The summed E-state index contributed by atoms with van der Waals surface area (Å²) in [5.74, 6) is -0.177. The molecular formula is C59H111N3O5S. The van der Waals surface area contributed by atoms with Crippen LogP contribution >= 0.6 is 11.3 Å². The Labute approximate surface area is 426 Å². The highest BCUT2D eigenvalue weighted by Crippen LogP contribution is 2.34. The van der Waals surface area contributed by atoms with Gasteiger partial charge in [-0.15, -0.1) is 11.3 Å². The smallest absolute Gasteiger partial charge is 0.305 e. The van der Waals surface area contributed by atoms with Crippen LogP contribution in [-0.4, -0.2) is 81.1 Å². The van der Waals surface area contributed by atoms with Crippen LogP contribution in [0.15, 0.2) is 30.4 Å². The third kappa shape index (κ3) is 39.9. The van der Waals surface area contributed by atoms with Gasteiger partial charge < -0.3 is 19.7 Å². The van der Waals surface area contributed by atoms with Gasteiger partial charge in [-0.05, 0) is 103 Å². The molecule has 0 fully saturated rings. The number of carbonyl (C=O) groups is 4. The molecule has 1 amide bonds. The third-order valence-electron chi connectivity index (χ3n) is 12.1. The number of ether oxygens (including phenoxy) is 1. The zero-order chi connectivity index (χ0) is 48.7. The number of ketones is 1. The number of esters is 1. The number of carbonyl (C=O) groups excluding carboxylic acids is 4. The molecule has 1 aliphatic heterocycles. The highest BCUT2D eigenvalue weighted by Gasteiger charge is 2.27. The second-order valence-electron chi connectivity index (χ2n) is 18.5. The number of hydrogen-bond donors (Lipinski definition) is 1. The second-order valence-corrected chi connectivity index (χ2v) is 19.7. The second kappa shape index (κ2) is 52.0. The van der Waals surface area contributed by atoms with Crippen LogP contribution < -0.4 is 5.32 Å². The van der Waals surface area contributed by atoms with Crippen molar-refractivity contribution in [3.8, 4) is 0 Å². The van der Waals surface area contributed by atoms with Gasteiger partial charge in [0, 0.05) is 50.2 Å². The molecule has 68 heavy (non-hydrogen) atoms. The molecule has 1 aromatic rings. The van der Waals surface area contributed by atoms with Crippen LogP contribution in [-0.2, 0) is 32.1 Å². The van der Waals surface area contributed by atoms with Crippen molar-refractivity contribution in [3.63, 3.8) is 0 Å². The summed E-state index contributed by atoms with van der Waals surface area (Å²) in [6, 6.07) is 0. The van der Waals surface area contributed by atoms with E-state index < -0.39 is 0 Å². The van der Waals surface area contributed by atoms with E-state index in [0.29, 0.717) is 38.8 Å². The predicted molar refractivity (Wildman–Crippen MR) is 301 cm³/mol. The molecule has 0 bridgehead atoms. The fraction of sp³-hybridized carbons (Fsp3) is 0.763. The van der Waals surface area contributed by atoms with Crippen molar-refractivity contribution in [1.82, 2.24) is 15.1 Å². The van der Waals surface area contributed by atoms with Crippen molar-refractivity contribution >= 4 is 41.9 Å². The highest BCUT2D eigenvalue weighted by molar-refractivity contribution is 7.13. The van der Waals surface area contributed by atoms with Gasteiger partial charge in [0.25, 0.3) is 5.91 Å². The molecule has 0 saturated carbocycles. The standard InChI is InChI=1S/C47H79N3O4S.C9H20.CH2O.2CH4.H2/c1-5-7-9-11-13-14-15-16-17-18-19-20-21-22-24-28-36-50-37-34-42-44(40-50)55-43(46(42)47(53)48-35-38-49(3)4)33-32-41(51)30-26-27-31-45(52)54-39-29-25-23-12-10-8-6-2;1-3-5-7-9-8-6-4-2;1-2;;;/h13-14,16-17,32-33H,5-12,15,18-31,34-40H2,1-4H3,(H,48,53);3-9H2,1-2H3;1H2;2*1H4;1H/b14-13-,17-16-,33-32-;;;;;. The largest absolute Gasteiger partial charge is 0.466 e. The number of likely N-dealkylation sites (N-methyl/N-ethyl adjacent to an activating group) is 1. The maximum atomic E-state index is 13.5. The van der Waals surface area contributed by atoms with Crippen molar-refractivity contribution < 1.29 is 25.3 Å². The Bertz CT molecular complexity index is 1400. The fourth-order valence-electron chi connectivity index (χ4n) is 8.01. The van der Waals surface area contributed by atoms with Gasteiger partial charge in [-0.2, -0.15) is 0 Å². The number of amides is 1. The van der Waals surface area contributed by atoms with Crippen LogP contribution in [0, 0.1) is 0 Å². The summed E-state index contributed by atoms with van der Waals surface area (Å²) in [6.45, 7) is 15.8. The number of unbranched alkanes of at least 4 members (excludes halogenated alkanes) is 22. The van der Waals surface area contributed by atoms with Crippen LogP contribution in [0.25, 0.3) is 6.08 Å². The minimum atomic E-state index is -0.164. The molecule has 1 N–H and O–H groups in total. The van der Waals surface area contributed by atoms with Gasteiger partial charge in [-0.1, -0.05) is 189 Å². The minimum absolute atomic E-state index is 0. The van der Waals surface area contributed by atoms with Gasteiger partial charge in [0.1, 0.15) is 6.79 Å². The first kappa shape index (κ1) is 69.4. The summed E-state index contributed by atoms with van der Waals surface area (Å²) in [5, 5.41) is 3.12. The summed E-state index contributed by atoms with van der Waals surface area (Å²) in [4.78, 5) is 53.2. The van der Waals surface area contributed by atoms with Crippen molar-refractivity contribution in [2.75, 3.05) is 46.9 Å². The lowest BCUT2D eigenvalue weighted by molar-refractivity contribution is -0.144. The lowest BCUT2D eigenvalue weighted by atomic mass is 10.00. The average Bonchev–Trinajstić information content (AvgIpc) is 3.69. The molecule has 1 aromatic heterocycles. The summed E-state index contributed by atoms with van der Waals surface area (Å²) in [7, 11) is 4.00. The van der Waals surface area contributed by atoms with Crippen LogP contribution in [0.3, 0.4) is 0 Å². The average molecular weight is 975 g/mol. The Morgan fingerprint density at radius 2 is 1.18 bits per heavy atom. The normalized spacial score (nSPS) is 12.3. The lowest BCUT2D eigenvalue weighted by Crippen LogP contribution is -2.34. The van der Waals surface area contributed by atoms with E-state index in [1.807, 2.05) is 27.0 Å². The first-order chi connectivity index (χ1) is 32.3. The molecule has 0 unspecified atom stereocenters. The zero-order valence-electron chi connectivity index (χ0n) is 43.7. The number of fused-ring (bicyclic) bond motifs is 1. The lowest BCUT2D eigenvalue weighted by Gasteiger charge is -2.27. The summed E-state index contributed by atoms with van der Waals surface area (Å²) >= 11 is 1.67. The Kier molecular flexibility index (Phi) is 53.0. The van der Waals surface area contributed by atoms with E-state index in [0.717, 1.165) is 67.9 Å². The number of nitrogens with one attached hydrogen (secondary N) is 1. The van der Waals surface area contributed by atoms with Gasteiger partial charge in [0.2, 0.25) is 0 Å². The Balaban J connectivity index is -0.00000135. The Morgan fingerprint density at radius 3 is 1.75 bits per heavy atom. The van der Waals surface area contributed by atoms with Crippen LogP contribution in [0.2, 0.25) is 0 Å². The van der Waals surface area contributed by atoms with Crippen molar-refractivity contribution in [2.24, 2.45) is 0 Å². The summed E-state index contributed by atoms with van der Waals surface area (Å²) in [6.07, 6.45) is 49.1. The van der Waals surface area contributed by atoms with Crippen molar-refractivity contribution in [1.29, 1.82) is 0 Å². The molecule has 0 aliphatic carbocycles. The molecule has 2 rings (SSSR count). The third-order valence-corrected chi connectivity index (χ3v) is 13.3. The molecule has 0 radical (unpaired) electrons. The molecular weight excluding hydrogens is 863 g/mol. The first-order valence-corrected chi connectivity index (χ1v) is 27.8. The van der Waals surface area contributed by atoms with E-state index in [2.05, 4.69) is 67.1 Å². The van der Waals surface area contributed by atoms with Crippen molar-refractivity contribution in [2.45, 2.75) is 248 Å². The van der Waals surface area contributed by atoms with Crippen molar-refractivity contribution in [3.05, 3.63) is 51.3 Å². The quantitative estimate of drug-likeness (QED) is 0.0303. The number of rotatable bonds is 40. The molecule has 1 aliphatic rings. The molecule has 0 atom stereocenters. The molecule has 9 heteroatoms. The SMILES string of the molecule is C.C.C=O.CCCCC/C=C\C/C=C\CCCCCCCCN1CCc2c(sc(/C=C\C(=O)CCCCC(=O)OCCCCCCCCC)c2C(=O)NCCN(C)C)C1.CCCCCCCCC.[HH]. The van der Waals surface area contributed by atoms with E-state index >= 15 is 0 Å². The van der Waals surface area contributed by atoms with Gasteiger partial charge in [0.05, 0.1) is 12.2 Å². The molecule has 0 aromatic carbocycles. The maximum Gasteiger partial charge on any atom is 0.305 e. The van der Waals surface area contributed by atoms with Crippen LogP contribution in [0.5, 0.6) is 0 Å². The highest BCUT2D eigenvalue weighted by atomic mass is 32.1. The molecule has 0 spiro atoms. The molecule has 2 heterocycles. The molecule has 0 saturated heterocycles. The van der Waals surface area contributed by atoms with Gasteiger partial charge in [-0.25, -0.2) is 0 Å². The minimum Gasteiger partial charge on any atom is -0.466 e. The number of nitrogens with zero attached hydrogens (tertiary/aromatic N) is 2. The van der Waals surface area contributed by atoms with Crippen LogP contribution in [0.1, 0.15) is 262 Å². The predicted octanol–water partition coefficient (Wildman–Crippen LogP) is 16.7. The Morgan fingerprint density at radius 1 is 0.676 bits per heavy atom. The number of thiophene rings is 1. The monoisotopic (exact) mass is 974 g/mol. The van der Waals surface area contributed by atoms with Crippen LogP contribution in [0.4, 0.5) is 0 Å². The summed E-state index contributed by atoms with van der Waals surface area (Å²) < 4.78 is 5.39. The topological polar surface area (TPSA) is 96.0 Å². The van der Waals surface area contributed by atoms with Gasteiger partial charge in [-0.3, -0.25) is 19.3 Å². The number of hydrogen-bond acceptors (Lipinski definition) is 8. The zero-order valence-corrected chi connectivity index (χ0v) is 44.5. The van der Waals surface area contributed by atoms with E-state index in [-0.39, 0.29) is 33.9 Å². The maximum absolute atomic E-state index is 13.5. The van der Waals surface area contributed by atoms with E-state index in [4.69, 9.17) is 9.53 Å². The molecule has 8 nitrogen and oxygen atoms in total. The molecule has 398 valence electrons. The Hall–Kier alpha value is -2.88. The number of allylic oxidation sites excluding steroid dienone is 5. The first-order valence-electron chi connectivity index (χ1n) is 27.0. The van der Waals surface area contributed by atoms with E-state index in [1.165, 1.54) is 153 Å². The van der Waals surface area contributed by atoms with Gasteiger partial charge in [0.15, 0.2) is 5.78 Å². The van der Waals surface area contributed by atoms with E-state index in [9.17, 15) is 14.4 Å². The summed E-state index contributed by atoms with van der Waals surface area (Å²) in [5.41, 5.74) is 1.91.